The van der Waals surface area contributed by atoms with Gasteiger partial charge in [-0.05, 0) is 47.0 Å². The fraction of sp³-hybridized carbons (Fsp3) is 0. The highest BCUT2D eigenvalue weighted by Crippen LogP contribution is 2.36. The minimum atomic E-state index is 0.919. The van der Waals surface area contributed by atoms with Crippen molar-refractivity contribution in [3.8, 4) is 22.3 Å². The highest BCUT2D eigenvalue weighted by molar-refractivity contribution is 6.09. The lowest BCUT2D eigenvalue weighted by atomic mass is 10.0. The van der Waals surface area contributed by atoms with E-state index in [1.54, 1.807) is 0 Å². The lowest BCUT2D eigenvalue weighted by Gasteiger charge is -2.10. The first kappa shape index (κ1) is 18.5. The number of hydrogen-bond donors (Lipinski definition) is 1. The van der Waals surface area contributed by atoms with Crippen molar-refractivity contribution in [3.05, 3.63) is 121 Å². The summed E-state index contributed by atoms with van der Waals surface area (Å²) in [6.07, 6.45) is 0. The number of nitrogens with one attached hydrogen (secondary N) is 1. The zero-order valence-electron chi connectivity index (χ0n) is 17.5. The molecular formula is C30H21NO. The fourth-order valence-electron chi connectivity index (χ4n) is 4.28. The number of para-hydroxylation sites is 2. The minimum absolute atomic E-state index is 0.919. The van der Waals surface area contributed by atoms with Crippen LogP contribution >= 0.6 is 0 Å². The average Bonchev–Trinajstić information content (AvgIpc) is 3.24. The van der Waals surface area contributed by atoms with Gasteiger partial charge in [-0.25, -0.2) is 0 Å². The molecule has 0 saturated heterocycles. The first-order valence-electron chi connectivity index (χ1n) is 10.8. The van der Waals surface area contributed by atoms with E-state index in [1.165, 1.54) is 11.1 Å². The Balaban J connectivity index is 1.33. The predicted octanol–water partition coefficient (Wildman–Crippen LogP) is 8.66. The Morgan fingerprint density at radius 3 is 2.03 bits per heavy atom. The molecule has 0 saturated carbocycles. The van der Waals surface area contributed by atoms with E-state index in [0.29, 0.717) is 0 Å². The van der Waals surface area contributed by atoms with Gasteiger partial charge in [0.2, 0.25) is 0 Å². The van der Waals surface area contributed by atoms with Crippen LogP contribution in [0.1, 0.15) is 0 Å². The lowest BCUT2D eigenvalue weighted by Crippen LogP contribution is -1.91. The van der Waals surface area contributed by atoms with Crippen LogP contribution in [0.25, 0.3) is 44.2 Å². The molecule has 152 valence electrons. The standard InChI is InChI=1S/C30H21NO/c1-2-8-21(9-3-1)22-16-18-24(19-17-22)31-25-11-6-10-23(20-25)26-13-7-14-28-27-12-4-5-15-29(27)32-30(26)28/h1-20,31H. The summed E-state index contributed by atoms with van der Waals surface area (Å²) >= 11 is 0. The second kappa shape index (κ2) is 7.75. The quantitative estimate of drug-likeness (QED) is 0.314. The second-order valence-corrected chi connectivity index (χ2v) is 7.93. The van der Waals surface area contributed by atoms with Crippen molar-refractivity contribution in [1.82, 2.24) is 0 Å². The average molecular weight is 412 g/mol. The van der Waals surface area contributed by atoms with E-state index in [-0.39, 0.29) is 0 Å². The topological polar surface area (TPSA) is 25.2 Å². The van der Waals surface area contributed by atoms with Crippen molar-refractivity contribution >= 4 is 33.3 Å². The lowest BCUT2D eigenvalue weighted by molar-refractivity contribution is 0.670. The summed E-state index contributed by atoms with van der Waals surface area (Å²) in [6, 6.07) is 42.0. The van der Waals surface area contributed by atoms with E-state index in [0.717, 1.165) is 44.4 Å². The summed E-state index contributed by atoms with van der Waals surface area (Å²) in [5.74, 6) is 0. The Morgan fingerprint density at radius 2 is 1.16 bits per heavy atom. The summed E-state index contributed by atoms with van der Waals surface area (Å²) in [4.78, 5) is 0. The Morgan fingerprint density at radius 1 is 0.469 bits per heavy atom. The van der Waals surface area contributed by atoms with E-state index in [1.807, 2.05) is 18.2 Å². The second-order valence-electron chi connectivity index (χ2n) is 7.93. The van der Waals surface area contributed by atoms with Crippen LogP contribution in [0.5, 0.6) is 0 Å². The van der Waals surface area contributed by atoms with Gasteiger partial charge in [0.25, 0.3) is 0 Å². The van der Waals surface area contributed by atoms with E-state index in [2.05, 4.69) is 108 Å². The molecule has 0 fully saturated rings. The maximum absolute atomic E-state index is 6.23. The van der Waals surface area contributed by atoms with Crippen molar-refractivity contribution in [2.24, 2.45) is 0 Å². The maximum Gasteiger partial charge on any atom is 0.143 e. The molecule has 0 atom stereocenters. The molecule has 0 spiro atoms. The Hall–Kier alpha value is -4.30. The summed E-state index contributed by atoms with van der Waals surface area (Å²) in [5.41, 5.74) is 8.61. The number of hydrogen-bond acceptors (Lipinski definition) is 2. The van der Waals surface area contributed by atoms with Gasteiger partial charge in [0.1, 0.15) is 11.2 Å². The van der Waals surface area contributed by atoms with E-state index in [4.69, 9.17) is 4.42 Å². The van der Waals surface area contributed by atoms with Gasteiger partial charge in [0, 0.05) is 27.7 Å². The van der Waals surface area contributed by atoms with Crippen molar-refractivity contribution in [2.75, 3.05) is 5.32 Å². The van der Waals surface area contributed by atoms with Crippen LogP contribution in [0.4, 0.5) is 11.4 Å². The SMILES string of the molecule is c1ccc(-c2ccc(Nc3cccc(-c4cccc5c4oc4ccccc45)c3)cc2)cc1. The van der Waals surface area contributed by atoms with Gasteiger partial charge in [-0.3, -0.25) is 0 Å². The van der Waals surface area contributed by atoms with Crippen molar-refractivity contribution in [3.63, 3.8) is 0 Å². The molecule has 0 amide bonds. The Kier molecular flexibility index (Phi) is 4.47. The normalized spacial score (nSPS) is 11.1. The van der Waals surface area contributed by atoms with Crippen molar-refractivity contribution in [1.29, 1.82) is 0 Å². The zero-order valence-corrected chi connectivity index (χ0v) is 17.5. The summed E-state index contributed by atoms with van der Waals surface area (Å²) in [7, 11) is 0. The van der Waals surface area contributed by atoms with E-state index in [9.17, 15) is 0 Å². The molecule has 2 heteroatoms. The minimum Gasteiger partial charge on any atom is -0.455 e. The monoisotopic (exact) mass is 411 g/mol. The van der Waals surface area contributed by atoms with Gasteiger partial charge >= 0.3 is 0 Å². The van der Waals surface area contributed by atoms with Crippen LogP contribution in [0.3, 0.4) is 0 Å². The van der Waals surface area contributed by atoms with Gasteiger partial charge in [-0.15, -0.1) is 0 Å². The molecule has 0 bridgehead atoms. The van der Waals surface area contributed by atoms with Gasteiger partial charge in [-0.2, -0.15) is 0 Å². The molecule has 0 aliphatic rings. The van der Waals surface area contributed by atoms with Crippen LogP contribution in [-0.4, -0.2) is 0 Å². The third-order valence-corrected chi connectivity index (χ3v) is 5.86. The van der Waals surface area contributed by atoms with Crippen LogP contribution < -0.4 is 5.32 Å². The molecule has 6 rings (SSSR count). The number of furan rings is 1. The first-order valence-corrected chi connectivity index (χ1v) is 10.8. The molecule has 6 aromatic rings. The fourth-order valence-corrected chi connectivity index (χ4v) is 4.28. The highest BCUT2D eigenvalue weighted by atomic mass is 16.3. The van der Waals surface area contributed by atoms with Crippen LogP contribution in [0.2, 0.25) is 0 Å². The smallest absolute Gasteiger partial charge is 0.143 e. The van der Waals surface area contributed by atoms with Gasteiger partial charge < -0.3 is 9.73 Å². The number of anilines is 2. The third-order valence-electron chi connectivity index (χ3n) is 5.86. The van der Waals surface area contributed by atoms with Crippen LogP contribution in [0.15, 0.2) is 126 Å². The predicted molar refractivity (Wildman–Crippen MR) is 134 cm³/mol. The molecule has 1 N–H and O–H groups in total. The largest absolute Gasteiger partial charge is 0.455 e. The molecule has 32 heavy (non-hydrogen) atoms. The number of fused-ring (bicyclic) bond motifs is 3. The number of benzene rings is 5. The van der Waals surface area contributed by atoms with E-state index >= 15 is 0 Å². The van der Waals surface area contributed by atoms with Crippen molar-refractivity contribution in [2.45, 2.75) is 0 Å². The summed E-state index contributed by atoms with van der Waals surface area (Å²) in [6.45, 7) is 0. The molecule has 1 heterocycles. The molecule has 0 aliphatic heterocycles. The van der Waals surface area contributed by atoms with Gasteiger partial charge in [0.15, 0.2) is 0 Å². The third kappa shape index (κ3) is 3.32. The van der Waals surface area contributed by atoms with Crippen molar-refractivity contribution < 1.29 is 4.42 Å². The van der Waals surface area contributed by atoms with Crippen LogP contribution in [0, 0.1) is 0 Å². The first-order chi connectivity index (χ1) is 15.8. The molecule has 2 nitrogen and oxygen atoms in total. The molecule has 1 aromatic heterocycles. The Labute approximate surface area is 186 Å². The zero-order chi connectivity index (χ0) is 21.3. The molecular weight excluding hydrogens is 390 g/mol. The molecule has 0 unspecified atom stereocenters. The summed E-state index contributed by atoms with van der Waals surface area (Å²) in [5, 5.41) is 5.83. The van der Waals surface area contributed by atoms with Gasteiger partial charge in [0.05, 0.1) is 0 Å². The van der Waals surface area contributed by atoms with E-state index < -0.39 is 0 Å². The molecule has 5 aromatic carbocycles. The highest BCUT2D eigenvalue weighted by Gasteiger charge is 2.12. The molecule has 0 aliphatic carbocycles. The molecule has 0 radical (unpaired) electrons. The maximum atomic E-state index is 6.23. The van der Waals surface area contributed by atoms with Crippen LogP contribution in [-0.2, 0) is 0 Å². The Bertz CT molecular complexity index is 1530. The van der Waals surface area contributed by atoms with Gasteiger partial charge in [-0.1, -0.05) is 91.0 Å². The number of rotatable bonds is 4. The summed E-state index contributed by atoms with van der Waals surface area (Å²) < 4.78 is 6.23.